The van der Waals surface area contributed by atoms with Crippen LogP contribution < -0.4 is 34.7 Å². The Hall–Kier alpha value is -1.36. The van der Waals surface area contributed by atoms with Gasteiger partial charge >= 0.3 is 29.6 Å². The number of benzene rings is 1. The van der Waals surface area contributed by atoms with Gasteiger partial charge in [-0.2, -0.15) is 0 Å². The smallest absolute Gasteiger partial charge is 0.543 e. The molecule has 0 saturated heterocycles. The molecule has 5 heteroatoms. The molecule has 0 aliphatic rings. The zero-order valence-electron chi connectivity index (χ0n) is 12.1. The van der Waals surface area contributed by atoms with Crippen LogP contribution in [-0.2, 0) is 7.05 Å². The summed E-state index contributed by atoms with van der Waals surface area (Å²) in [6.07, 6.45) is 0. The number of aromatic carboxylic acids is 1. The van der Waals surface area contributed by atoms with Crippen LogP contribution in [0.5, 0.6) is 0 Å². The normalized spacial score (nSPS) is 9.95. The fourth-order valence-electron chi connectivity index (χ4n) is 1.99. The van der Waals surface area contributed by atoms with E-state index in [9.17, 15) is 14.7 Å². The van der Waals surface area contributed by atoms with Gasteiger partial charge in [0.25, 0.3) is 0 Å². The Bertz CT molecular complexity index is 657. The first-order chi connectivity index (χ1) is 8.91. The Morgan fingerprint density at radius 3 is 2.10 bits per heavy atom. The van der Waals surface area contributed by atoms with Gasteiger partial charge in [-0.3, -0.25) is 4.79 Å². The van der Waals surface area contributed by atoms with Crippen LogP contribution in [0, 0.1) is 13.8 Å². The molecule has 98 valence electrons. The minimum atomic E-state index is -1.28. The molecule has 4 nitrogen and oxygen atoms in total. The molecule has 0 spiro atoms. The van der Waals surface area contributed by atoms with E-state index in [0.717, 1.165) is 5.56 Å². The Balaban J connectivity index is 0.00000200. The van der Waals surface area contributed by atoms with Gasteiger partial charge in [-0.25, -0.2) is 0 Å². The number of carboxylic acid groups (broad SMARTS) is 1. The number of hydrogen-bond donors (Lipinski definition) is 0. The maximum atomic E-state index is 12.3. The summed E-state index contributed by atoms with van der Waals surface area (Å²) in [6.45, 7) is 3.66. The fourth-order valence-corrected chi connectivity index (χ4v) is 1.99. The van der Waals surface area contributed by atoms with Gasteiger partial charge in [0.05, 0.1) is 11.7 Å². The first kappa shape index (κ1) is 16.7. The second-order valence-electron chi connectivity index (χ2n) is 4.57. The summed E-state index contributed by atoms with van der Waals surface area (Å²) in [5, 5.41) is 10.9. The van der Waals surface area contributed by atoms with Crippen molar-refractivity contribution in [1.29, 1.82) is 0 Å². The van der Waals surface area contributed by atoms with Gasteiger partial charge in [0.15, 0.2) is 5.78 Å². The molecule has 0 atom stereocenters. The summed E-state index contributed by atoms with van der Waals surface area (Å²) < 4.78 is 1.46. The Labute approximate surface area is 139 Å². The van der Waals surface area contributed by atoms with E-state index in [4.69, 9.17) is 0 Å². The molecular weight excluding hydrogens is 265 g/mol. The van der Waals surface area contributed by atoms with Crippen LogP contribution in [0.15, 0.2) is 30.3 Å². The molecule has 0 N–H and O–H groups in total. The van der Waals surface area contributed by atoms with Gasteiger partial charge < -0.3 is 14.5 Å². The molecule has 2 aromatic rings. The number of carbonyl (C=O) groups excluding carboxylic acids is 2. The average Bonchev–Trinajstić information content (AvgIpc) is 2.67. The molecule has 0 radical (unpaired) electrons. The average molecular weight is 279 g/mol. The van der Waals surface area contributed by atoms with Crippen LogP contribution in [0.3, 0.4) is 0 Å². The van der Waals surface area contributed by atoms with Crippen molar-refractivity contribution in [2.75, 3.05) is 0 Å². The number of aromatic nitrogens is 1. The van der Waals surface area contributed by atoms with Crippen molar-refractivity contribution in [2.24, 2.45) is 7.05 Å². The zero-order chi connectivity index (χ0) is 14.2. The van der Waals surface area contributed by atoms with Gasteiger partial charge in [0, 0.05) is 23.9 Å². The van der Waals surface area contributed by atoms with Crippen LogP contribution >= 0.6 is 0 Å². The molecule has 1 aromatic carbocycles. The van der Waals surface area contributed by atoms with E-state index >= 15 is 0 Å². The number of rotatable bonds is 3. The summed E-state index contributed by atoms with van der Waals surface area (Å²) in [4.78, 5) is 23.3. The van der Waals surface area contributed by atoms with E-state index in [1.54, 1.807) is 26.1 Å². The largest absolute Gasteiger partial charge is 1.00 e. The van der Waals surface area contributed by atoms with Crippen molar-refractivity contribution in [3.8, 4) is 0 Å². The van der Waals surface area contributed by atoms with E-state index in [1.165, 1.54) is 10.6 Å². The number of ketones is 1. The van der Waals surface area contributed by atoms with Crippen LogP contribution in [0.4, 0.5) is 0 Å². The minimum absolute atomic E-state index is 0. The van der Waals surface area contributed by atoms with Gasteiger partial charge in [-0.05, 0) is 19.9 Å². The second-order valence-corrected chi connectivity index (χ2v) is 4.57. The van der Waals surface area contributed by atoms with Crippen molar-refractivity contribution < 1.29 is 44.3 Å². The topological polar surface area (TPSA) is 62.1 Å². The van der Waals surface area contributed by atoms with Gasteiger partial charge in [-0.1, -0.05) is 29.8 Å². The summed E-state index contributed by atoms with van der Waals surface area (Å²) >= 11 is 0. The van der Waals surface area contributed by atoms with Gasteiger partial charge in [0.1, 0.15) is 0 Å². The molecule has 0 aliphatic carbocycles. The van der Waals surface area contributed by atoms with Crippen molar-refractivity contribution in [3.05, 3.63) is 58.4 Å². The predicted molar refractivity (Wildman–Crippen MR) is 69.1 cm³/mol. The standard InChI is InChI=1S/C15H15NO3.Na/c1-9-4-6-11(7-5-9)14(17)12-8-13(15(18)19)16(3)10(12)2;/h4-8H,1-3H3,(H,18,19);/q;+1/p-1. The summed E-state index contributed by atoms with van der Waals surface area (Å²) in [5.41, 5.74) is 2.63. The summed E-state index contributed by atoms with van der Waals surface area (Å²) in [5.74, 6) is -1.46. The maximum Gasteiger partial charge on any atom is 1.00 e. The molecule has 0 bridgehead atoms. The van der Waals surface area contributed by atoms with Crippen molar-refractivity contribution in [1.82, 2.24) is 4.57 Å². The van der Waals surface area contributed by atoms with E-state index in [1.807, 2.05) is 19.1 Å². The number of carbonyl (C=O) groups is 2. The molecule has 0 unspecified atom stereocenters. The van der Waals surface area contributed by atoms with Crippen LogP contribution in [0.2, 0.25) is 0 Å². The third-order valence-electron chi connectivity index (χ3n) is 3.30. The number of carboxylic acids is 1. The second kappa shape index (κ2) is 6.39. The molecule has 0 aliphatic heterocycles. The molecular formula is C15H14NNaO3. The van der Waals surface area contributed by atoms with E-state index in [0.29, 0.717) is 16.8 Å². The summed E-state index contributed by atoms with van der Waals surface area (Å²) in [6, 6.07) is 8.55. The maximum absolute atomic E-state index is 12.3. The van der Waals surface area contributed by atoms with Gasteiger partial charge in [0.2, 0.25) is 0 Å². The predicted octanol–water partition coefficient (Wildman–Crippen LogP) is -1.76. The van der Waals surface area contributed by atoms with E-state index in [-0.39, 0.29) is 41.0 Å². The number of hydrogen-bond acceptors (Lipinski definition) is 3. The summed E-state index contributed by atoms with van der Waals surface area (Å²) in [7, 11) is 1.60. The molecule has 2 rings (SSSR count). The third-order valence-corrected chi connectivity index (χ3v) is 3.30. The van der Waals surface area contributed by atoms with Crippen molar-refractivity contribution in [3.63, 3.8) is 0 Å². The van der Waals surface area contributed by atoms with E-state index in [2.05, 4.69) is 0 Å². The van der Waals surface area contributed by atoms with Crippen molar-refractivity contribution in [2.45, 2.75) is 13.8 Å². The SMILES string of the molecule is Cc1ccc(C(=O)c2cc(C(=O)[O-])n(C)c2C)cc1.[Na+]. The Morgan fingerprint density at radius 2 is 1.65 bits per heavy atom. The third kappa shape index (κ3) is 3.03. The quantitative estimate of drug-likeness (QED) is 0.494. The molecule has 1 aromatic heterocycles. The fraction of sp³-hybridized carbons (Fsp3) is 0.200. The first-order valence-corrected chi connectivity index (χ1v) is 5.91. The van der Waals surface area contributed by atoms with Gasteiger partial charge in [-0.15, -0.1) is 0 Å². The minimum Gasteiger partial charge on any atom is -0.543 e. The molecule has 0 fully saturated rings. The van der Waals surface area contributed by atoms with Crippen LogP contribution in [0.25, 0.3) is 0 Å². The van der Waals surface area contributed by atoms with Crippen LogP contribution in [0.1, 0.15) is 37.7 Å². The molecule has 1 heterocycles. The van der Waals surface area contributed by atoms with Crippen LogP contribution in [-0.4, -0.2) is 16.3 Å². The Morgan fingerprint density at radius 1 is 1.10 bits per heavy atom. The number of aryl methyl sites for hydroxylation is 1. The number of nitrogens with zero attached hydrogens (tertiary/aromatic N) is 1. The van der Waals surface area contributed by atoms with Crippen molar-refractivity contribution >= 4 is 11.8 Å². The monoisotopic (exact) mass is 279 g/mol. The van der Waals surface area contributed by atoms with E-state index < -0.39 is 5.97 Å². The molecule has 0 amide bonds. The zero-order valence-corrected chi connectivity index (χ0v) is 14.1. The molecule has 0 saturated carbocycles. The Kier molecular flexibility index (Phi) is 5.34. The molecule has 20 heavy (non-hydrogen) atoms. The first-order valence-electron chi connectivity index (χ1n) is 5.91.